The first-order valence-corrected chi connectivity index (χ1v) is 8.75. The Hall–Kier alpha value is -3.03. The minimum atomic E-state index is -2.88. The van der Waals surface area contributed by atoms with Gasteiger partial charge < -0.3 is 9.64 Å². The molecule has 3 heterocycles. The molecule has 0 aliphatic carbocycles. The lowest BCUT2D eigenvalue weighted by molar-refractivity contribution is -0.0498. The summed E-state index contributed by atoms with van der Waals surface area (Å²) < 4.78 is 30.8. The van der Waals surface area contributed by atoms with E-state index in [4.69, 9.17) is 0 Å². The standard InChI is InChI=1S/C19H18F2N4O2/c20-19(21)27-15-8-6-13(7-9-15)18(26)24-10-3-4-14(12-24)17-23-22-16-5-1-2-11-25(16)17/h1-2,5-9,11,14,19H,3-4,10,12H2. The van der Waals surface area contributed by atoms with Crippen LogP contribution >= 0.6 is 0 Å². The number of hydrogen-bond donors (Lipinski definition) is 0. The highest BCUT2D eigenvalue weighted by molar-refractivity contribution is 5.94. The van der Waals surface area contributed by atoms with Crippen LogP contribution in [0, 0.1) is 0 Å². The number of ether oxygens (including phenoxy) is 1. The van der Waals surface area contributed by atoms with E-state index >= 15 is 0 Å². The summed E-state index contributed by atoms with van der Waals surface area (Å²) in [6.45, 7) is -1.68. The average Bonchev–Trinajstić information content (AvgIpc) is 3.12. The van der Waals surface area contributed by atoms with E-state index in [0.717, 1.165) is 24.3 Å². The van der Waals surface area contributed by atoms with Gasteiger partial charge in [-0.3, -0.25) is 9.20 Å². The Labute approximate surface area is 154 Å². The minimum Gasteiger partial charge on any atom is -0.435 e. The molecule has 6 nitrogen and oxygen atoms in total. The Morgan fingerprint density at radius 3 is 2.74 bits per heavy atom. The van der Waals surface area contributed by atoms with Crippen molar-refractivity contribution >= 4 is 11.6 Å². The van der Waals surface area contributed by atoms with Crippen LogP contribution in [-0.2, 0) is 0 Å². The van der Waals surface area contributed by atoms with E-state index in [1.54, 1.807) is 4.90 Å². The highest BCUT2D eigenvalue weighted by Crippen LogP contribution is 2.27. The smallest absolute Gasteiger partial charge is 0.387 e. The maximum absolute atomic E-state index is 12.8. The van der Waals surface area contributed by atoms with Crippen molar-refractivity contribution in [3.63, 3.8) is 0 Å². The van der Waals surface area contributed by atoms with Gasteiger partial charge in [0, 0.05) is 30.8 Å². The molecule has 0 spiro atoms. The summed E-state index contributed by atoms with van der Waals surface area (Å²) in [6.07, 6.45) is 3.72. The summed E-state index contributed by atoms with van der Waals surface area (Å²) in [5, 5.41) is 8.50. The van der Waals surface area contributed by atoms with Crippen LogP contribution in [0.2, 0.25) is 0 Å². The number of nitrogens with zero attached hydrogens (tertiary/aromatic N) is 4. The van der Waals surface area contributed by atoms with Gasteiger partial charge in [0.05, 0.1) is 0 Å². The molecule has 1 fully saturated rings. The number of carbonyl (C=O) groups excluding carboxylic acids is 1. The second kappa shape index (κ2) is 7.30. The predicted molar refractivity (Wildman–Crippen MR) is 93.9 cm³/mol. The maximum Gasteiger partial charge on any atom is 0.387 e. The fourth-order valence-corrected chi connectivity index (χ4v) is 3.47. The van der Waals surface area contributed by atoms with Gasteiger partial charge in [0.1, 0.15) is 11.6 Å². The molecule has 140 valence electrons. The van der Waals surface area contributed by atoms with Crippen LogP contribution in [-0.4, -0.2) is 45.1 Å². The molecular weight excluding hydrogens is 354 g/mol. The van der Waals surface area contributed by atoms with Gasteiger partial charge >= 0.3 is 6.61 Å². The van der Waals surface area contributed by atoms with Gasteiger partial charge in [-0.1, -0.05) is 6.07 Å². The quantitative estimate of drug-likeness (QED) is 0.705. The Kier molecular flexibility index (Phi) is 4.70. The molecule has 0 N–H and O–H groups in total. The molecular formula is C19H18F2N4O2. The van der Waals surface area contributed by atoms with Crippen LogP contribution in [0.3, 0.4) is 0 Å². The van der Waals surface area contributed by atoms with E-state index in [9.17, 15) is 13.6 Å². The van der Waals surface area contributed by atoms with Crippen molar-refractivity contribution in [2.45, 2.75) is 25.4 Å². The molecule has 1 unspecified atom stereocenters. The Balaban J connectivity index is 1.50. The van der Waals surface area contributed by atoms with Gasteiger partial charge in [-0.25, -0.2) is 0 Å². The minimum absolute atomic E-state index is 0.0352. The van der Waals surface area contributed by atoms with E-state index in [-0.39, 0.29) is 17.6 Å². The first kappa shape index (κ1) is 17.4. The SMILES string of the molecule is O=C(c1ccc(OC(F)F)cc1)N1CCCC(c2nnc3ccccn23)C1. The van der Waals surface area contributed by atoms with Crippen molar-refractivity contribution in [2.75, 3.05) is 13.1 Å². The van der Waals surface area contributed by atoms with E-state index in [0.29, 0.717) is 18.7 Å². The zero-order chi connectivity index (χ0) is 18.8. The number of aromatic nitrogens is 3. The first-order valence-electron chi connectivity index (χ1n) is 8.75. The number of pyridine rings is 1. The number of hydrogen-bond acceptors (Lipinski definition) is 4. The molecule has 1 aliphatic rings. The summed E-state index contributed by atoms with van der Waals surface area (Å²) in [7, 11) is 0. The van der Waals surface area contributed by atoms with E-state index < -0.39 is 6.61 Å². The van der Waals surface area contributed by atoms with E-state index in [1.807, 2.05) is 28.8 Å². The second-order valence-electron chi connectivity index (χ2n) is 6.48. The highest BCUT2D eigenvalue weighted by atomic mass is 19.3. The number of rotatable bonds is 4. The normalized spacial score (nSPS) is 17.4. The molecule has 1 atom stereocenters. The van der Waals surface area contributed by atoms with Gasteiger partial charge in [0.15, 0.2) is 5.65 Å². The predicted octanol–water partition coefficient (Wildman–Crippen LogP) is 3.35. The fraction of sp³-hybridized carbons (Fsp3) is 0.316. The number of amides is 1. The van der Waals surface area contributed by atoms with Gasteiger partial charge in [0.2, 0.25) is 0 Å². The van der Waals surface area contributed by atoms with Crippen molar-refractivity contribution in [1.29, 1.82) is 0 Å². The third-order valence-electron chi connectivity index (χ3n) is 4.74. The fourth-order valence-electron chi connectivity index (χ4n) is 3.47. The lowest BCUT2D eigenvalue weighted by atomic mass is 9.96. The Bertz CT molecular complexity index is 942. The monoisotopic (exact) mass is 372 g/mol. The van der Waals surface area contributed by atoms with E-state index in [2.05, 4.69) is 14.9 Å². The zero-order valence-corrected chi connectivity index (χ0v) is 14.5. The van der Waals surface area contributed by atoms with Crippen molar-refractivity contribution in [3.05, 3.63) is 60.0 Å². The summed E-state index contributed by atoms with van der Waals surface area (Å²) in [6, 6.07) is 11.5. The Morgan fingerprint density at radius 1 is 1.15 bits per heavy atom. The maximum atomic E-state index is 12.8. The molecule has 1 amide bonds. The lowest BCUT2D eigenvalue weighted by Gasteiger charge is -2.32. The van der Waals surface area contributed by atoms with Gasteiger partial charge in [-0.15, -0.1) is 10.2 Å². The molecule has 0 saturated carbocycles. The van der Waals surface area contributed by atoms with Crippen LogP contribution < -0.4 is 4.74 Å². The molecule has 3 aromatic rings. The van der Waals surface area contributed by atoms with Gasteiger partial charge in [-0.05, 0) is 49.2 Å². The molecule has 2 aromatic heterocycles. The van der Waals surface area contributed by atoms with Crippen molar-refractivity contribution in [3.8, 4) is 5.75 Å². The summed E-state index contributed by atoms with van der Waals surface area (Å²) in [4.78, 5) is 14.6. The lowest BCUT2D eigenvalue weighted by Crippen LogP contribution is -2.39. The number of benzene rings is 1. The van der Waals surface area contributed by atoms with Crippen LogP contribution in [0.25, 0.3) is 5.65 Å². The highest BCUT2D eigenvalue weighted by Gasteiger charge is 2.28. The number of piperidine rings is 1. The zero-order valence-electron chi connectivity index (χ0n) is 14.5. The average molecular weight is 372 g/mol. The molecule has 0 bridgehead atoms. The number of alkyl halides is 2. The van der Waals surface area contributed by atoms with Gasteiger partial charge in [-0.2, -0.15) is 8.78 Å². The number of likely N-dealkylation sites (tertiary alicyclic amines) is 1. The van der Waals surface area contributed by atoms with Gasteiger partial charge in [0.25, 0.3) is 5.91 Å². The van der Waals surface area contributed by atoms with E-state index in [1.165, 1.54) is 24.3 Å². The summed E-state index contributed by atoms with van der Waals surface area (Å²) >= 11 is 0. The van der Waals surface area contributed by atoms with Crippen LogP contribution in [0.5, 0.6) is 5.75 Å². The number of fused-ring (bicyclic) bond motifs is 1. The summed E-state index contributed by atoms with van der Waals surface area (Å²) in [5.74, 6) is 0.857. The summed E-state index contributed by atoms with van der Waals surface area (Å²) in [5.41, 5.74) is 1.23. The van der Waals surface area contributed by atoms with Crippen molar-refractivity contribution in [2.24, 2.45) is 0 Å². The van der Waals surface area contributed by atoms with Crippen molar-refractivity contribution in [1.82, 2.24) is 19.5 Å². The molecule has 1 aromatic carbocycles. The number of halogens is 2. The second-order valence-corrected chi connectivity index (χ2v) is 6.48. The number of carbonyl (C=O) groups is 1. The first-order chi connectivity index (χ1) is 13.1. The third-order valence-corrected chi connectivity index (χ3v) is 4.74. The molecule has 8 heteroatoms. The molecule has 0 radical (unpaired) electrons. The Morgan fingerprint density at radius 2 is 1.96 bits per heavy atom. The van der Waals surface area contributed by atoms with Crippen LogP contribution in [0.15, 0.2) is 48.7 Å². The largest absolute Gasteiger partial charge is 0.435 e. The topological polar surface area (TPSA) is 59.7 Å². The molecule has 27 heavy (non-hydrogen) atoms. The molecule has 4 rings (SSSR count). The molecule has 1 saturated heterocycles. The molecule has 1 aliphatic heterocycles. The van der Waals surface area contributed by atoms with Crippen LogP contribution in [0.4, 0.5) is 8.78 Å². The van der Waals surface area contributed by atoms with Crippen molar-refractivity contribution < 1.29 is 18.3 Å². The van der Waals surface area contributed by atoms with Crippen LogP contribution in [0.1, 0.15) is 34.9 Å². The third kappa shape index (κ3) is 3.60.